The summed E-state index contributed by atoms with van der Waals surface area (Å²) in [7, 11) is -1.85. The van der Waals surface area contributed by atoms with Gasteiger partial charge in [-0.25, -0.2) is 13.1 Å². The number of methoxy groups -OCH3 is 1. The third-order valence-corrected chi connectivity index (χ3v) is 4.14. The van der Waals surface area contributed by atoms with Crippen LogP contribution in [0.2, 0.25) is 0 Å². The minimum atomic E-state index is -3.45. The van der Waals surface area contributed by atoms with Crippen LogP contribution in [-0.2, 0) is 26.0 Å². The fourth-order valence-electron chi connectivity index (χ4n) is 1.51. The smallest absolute Gasteiger partial charge is 0.240 e. The fraction of sp³-hybridized carbons (Fsp3) is 0.538. The lowest BCUT2D eigenvalue weighted by Crippen LogP contribution is -2.25. The summed E-state index contributed by atoms with van der Waals surface area (Å²) in [6, 6.07) is 6.53. The third kappa shape index (κ3) is 5.98. The summed E-state index contributed by atoms with van der Waals surface area (Å²) in [5.74, 6) is 0. The van der Waals surface area contributed by atoms with Crippen molar-refractivity contribution >= 4 is 10.0 Å². The molecule has 7 heteroatoms. The average molecular weight is 302 g/mol. The quantitative estimate of drug-likeness (QED) is 0.613. The molecule has 0 radical (unpaired) electrons. The van der Waals surface area contributed by atoms with E-state index in [-0.39, 0.29) is 4.90 Å². The number of hydrogen-bond donors (Lipinski definition) is 2. The number of ether oxygens (including phenoxy) is 2. The van der Waals surface area contributed by atoms with E-state index in [1.54, 1.807) is 31.4 Å². The van der Waals surface area contributed by atoms with Gasteiger partial charge in [0.15, 0.2) is 0 Å². The zero-order chi connectivity index (χ0) is 14.8. The van der Waals surface area contributed by atoms with E-state index in [2.05, 4.69) is 4.72 Å². The first-order valence-corrected chi connectivity index (χ1v) is 7.94. The van der Waals surface area contributed by atoms with Crippen LogP contribution in [0.15, 0.2) is 29.2 Å². The maximum absolute atomic E-state index is 12.0. The molecule has 1 rings (SSSR count). The van der Waals surface area contributed by atoms with Gasteiger partial charge >= 0.3 is 0 Å². The predicted molar refractivity (Wildman–Crippen MR) is 76.8 cm³/mol. The standard InChI is InChI=1S/C13H22N2O4S/c1-18-9-10-19-8-2-7-15-20(16,17)13-5-3-12(11-14)4-6-13/h3-6,15H,2,7-11,14H2,1H3. The van der Waals surface area contributed by atoms with Crippen LogP contribution in [0.5, 0.6) is 0 Å². The molecule has 20 heavy (non-hydrogen) atoms. The lowest BCUT2D eigenvalue weighted by Gasteiger charge is -2.08. The largest absolute Gasteiger partial charge is 0.382 e. The molecule has 0 fully saturated rings. The predicted octanol–water partition coefficient (Wildman–Crippen LogP) is 0.477. The molecule has 0 saturated carbocycles. The highest BCUT2D eigenvalue weighted by Crippen LogP contribution is 2.10. The van der Waals surface area contributed by atoms with Crippen molar-refractivity contribution in [3.63, 3.8) is 0 Å². The summed E-state index contributed by atoms with van der Waals surface area (Å²) in [6.45, 7) is 2.29. The molecule has 3 N–H and O–H groups in total. The minimum Gasteiger partial charge on any atom is -0.382 e. The molecular formula is C13H22N2O4S. The molecule has 0 aliphatic heterocycles. The van der Waals surface area contributed by atoms with E-state index in [1.807, 2.05) is 0 Å². The molecule has 114 valence electrons. The van der Waals surface area contributed by atoms with Crippen molar-refractivity contribution in [3.8, 4) is 0 Å². The molecule has 0 bridgehead atoms. The summed E-state index contributed by atoms with van der Waals surface area (Å²) in [5, 5.41) is 0. The Morgan fingerprint density at radius 2 is 1.85 bits per heavy atom. The first kappa shape index (κ1) is 17.1. The number of nitrogens with one attached hydrogen (secondary N) is 1. The molecule has 0 aliphatic carbocycles. The number of sulfonamides is 1. The van der Waals surface area contributed by atoms with Gasteiger partial charge in [-0.2, -0.15) is 0 Å². The molecule has 0 aliphatic rings. The van der Waals surface area contributed by atoms with Crippen LogP contribution in [0.4, 0.5) is 0 Å². The molecule has 1 aromatic rings. The molecule has 0 atom stereocenters. The minimum absolute atomic E-state index is 0.245. The van der Waals surface area contributed by atoms with Gasteiger partial charge in [0.1, 0.15) is 0 Å². The lowest BCUT2D eigenvalue weighted by molar-refractivity contribution is 0.0699. The van der Waals surface area contributed by atoms with Gasteiger partial charge in [-0.1, -0.05) is 12.1 Å². The Morgan fingerprint density at radius 3 is 2.45 bits per heavy atom. The highest BCUT2D eigenvalue weighted by Gasteiger charge is 2.12. The zero-order valence-corrected chi connectivity index (χ0v) is 12.5. The lowest BCUT2D eigenvalue weighted by atomic mass is 10.2. The second kappa shape index (κ2) is 9.04. The summed E-state index contributed by atoms with van der Waals surface area (Å²) in [6.07, 6.45) is 0.615. The van der Waals surface area contributed by atoms with Gasteiger partial charge in [-0.3, -0.25) is 0 Å². The van der Waals surface area contributed by atoms with Gasteiger partial charge in [0, 0.05) is 26.8 Å². The first-order chi connectivity index (χ1) is 9.60. The highest BCUT2D eigenvalue weighted by atomic mass is 32.2. The molecular weight excluding hydrogens is 280 g/mol. The SMILES string of the molecule is COCCOCCCNS(=O)(=O)c1ccc(CN)cc1. The van der Waals surface area contributed by atoms with Gasteiger partial charge in [0.05, 0.1) is 18.1 Å². The van der Waals surface area contributed by atoms with Crippen LogP contribution >= 0.6 is 0 Å². The molecule has 6 nitrogen and oxygen atoms in total. The zero-order valence-electron chi connectivity index (χ0n) is 11.7. The number of rotatable bonds is 10. The summed E-state index contributed by atoms with van der Waals surface area (Å²) < 4.78 is 36.5. The molecule has 0 heterocycles. The topological polar surface area (TPSA) is 90.6 Å². The van der Waals surface area contributed by atoms with E-state index in [9.17, 15) is 8.42 Å². The molecule has 1 aromatic carbocycles. The van der Waals surface area contributed by atoms with Crippen LogP contribution < -0.4 is 10.5 Å². The van der Waals surface area contributed by atoms with Crippen molar-refractivity contribution in [2.75, 3.05) is 33.5 Å². The third-order valence-electron chi connectivity index (χ3n) is 2.66. The van der Waals surface area contributed by atoms with E-state index in [1.165, 1.54) is 0 Å². The average Bonchev–Trinajstić information content (AvgIpc) is 2.46. The van der Waals surface area contributed by atoms with Gasteiger partial charge < -0.3 is 15.2 Å². The number of benzene rings is 1. The van der Waals surface area contributed by atoms with Crippen molar-refractivity contribution in [2.24, 2.45) is 5.73 Å². The van der Waals surface area contributed by atoms with Gasteiger partial charge in [-0.05, 0) is 24.1 Å². The fourth-order valence-corrected chi connectivity index (χ4v) is 2.59. The Morgan fingerprint density at radius 1 is 1.15 bits per heavy atom. The Kier molecular flexibility index (Phi) is 7.71. The Labute approximate surface area is 120 Å². The van der Waals surface area contributed by atoms with Gasteiger partial charge in [0.25, 0.3) is 0 Å². The van der Waals surface area contributed by atoms with Crippen molar-refractivity contribution in [3.05, 3.63) is 29.8 Å². The van der Waals surface area contributed by atoms with E-state index < -0.39 is 10.0 Å². The maximum atomic E-state index is 12.0. The second-order valence-corrected chi connectivity index (χ2v) is 5.97. The van der Waals surface area contributed by atoms with Gasteiger partial charge in [-0.15, -0.1) is 0 Å². The number of hydrogen-bond acceptors (Lipinski definition) is 5. The van der Waals surface area contributed by atoms with Crippen LogP contribution in [-0.4, -0.2) is 41.9 Å². The Bertz CT molecular complexity index is 474. The van der Waals surface area contributed by atoms with Crippen LogP contribution in [0.25, 0.3) is 0 Å². The van der Waals surface area contributed by atoms with E-state index in [4.69, 9.17) is 15.2 Å². The summed E-state index contributed by atoms with van der Waals surface area (Å²) in [4.78, 5) is 0.245. The second-order valence-electron chi connectivity index (χ2n) is 4.20. The molecule has 0 aromatic heterocycles. The van der Waals surface area contributed by atoms with Crippen molar-refractivity contribution < 1.29 is 17.9 Å². The van der Waals surface area contributed by atoms with Crippen molar-refractivity contribution in [1.29, 1.82) is 0 Å². The Balaban J connectivity index is 2.33. The maximum Gasteiger partial charge on any atom is 0.240 e. The molecule has 0 amide bonds. The number of nitrogens with two attached hydrogens (primary N) is 1. The van der Waals surface area contributed by atoms with Crippen LogP contribution in [0.1, 0.15) is 12.0 Å². The van der Waals surface area contributed by atoms with E-state index >= 15 is 0 Å². The van der Waals surface area contributed by atoms with Crippen molar-refractivity contribution in [1.82, 2.24) is 4.72 Å². The molecule has 0 unspecified atom stereocenters. The first-order valence-electron chi connectivity index (χ1n) is 6.45. The van der Waals surface area contributed by atoms with E-state index in [0.717, 1.165) is 5.56 Å². The van der Waals surface area contributed by atoms with Crippen LogP contribution in [0.3, 0.4) is 0 Å². The van der Waals surface area contributed by atoms with E-state index in [0.29, 0.717) is 39.3 Å². The summed E-state index contributed by atoms with van der Waals surface area (Å²) >= 11 is 0. The molecule has 0 spiro atoms. The highest BCUT2D eigenvalue weighted by molar-refractivity contribution is 7.89. The van der Waals surface area contributed by atoms with Crippen LogP contribution in [0, 0.1) is 0 Å². The monoisotopic (exact) mass is 302 g/mol. The molecule has 0 saturated heterocycles. The Hall–Kier alpha value is -0.990. The van der Waals surface area contributed by atoms with Gasteiger partial charge in [0.2, 0.25) is 10.0 Å². The van der Waals surface area contributed by atoms with Crippen molar-refractivity contribution in [2.45, 2.75) is 17.9 Å². The summed E-state index contributed by atoms with van der Waals surface area (Å²) in [5.41, 5.74) is 6.37. The normalized spacial score (nSPS) is 11.7.